The van der Waals surface area contributed by atoms with Gasteiger partial charge in [-0.1, -0.05) is 19.1 Å². The Kier molecular flexibility index (Phi) is 5.44. The molecule has 0 bridgehead atoms. The number of likely N-dealkylation sites (tertiary alicyclic amines) is 1. The highest BCUT2D eigenvalue weighted by Gasteiger charge is 2.28. The Hall–Kier alpha value is -1.06. The van der Waals surface area contributed by atoms with Crippen LogP contribution in [0.2, 0.25) is 0 Å². The molecule has 0 amide bonds. The maximum Gasteiger partial charge on any atom is 0.119 e. The summed E-state index contributed by atoms with van der Waals surface area (Å²) < 4.78 is 5.54. The summed E-state index contributed by atoms with van der Waals surface area (Å²) >= 11 is 0. The number of nitrogens with zero attached hydrogens (tertiary/aromatic N) is 1. The minimum Gasteiger partial charge on any atom is -0.494 e. The molecule has 0 spiro atoms. The lowest BCUT2D eigenvalue weighted by Gasteiger charge is -2.38. The van der Waals surface area contributed by atoms with Gasteiger partial charge in [0.05, 0.1) is 6.61 Å². The van der Waals surface area contributed by atoms with E-state index >= 15 is 0 Å². The summed E-state index contributed by atoms with van der Waals surface area (Å²) in [4.78, 5) is 2.42. The molecule has 20 heavy (non-hydrogen) atoms. The summed E-state index contributed by atoms with van der Waals surface area (Å²) in [5.74, 6) is 0.970. The third-order valence-electron chi connectivity index (χ3n) is 4.28. The molecule has 0 unspecified atom stereocenters. The second-order valence-corrected chi connectivity index (χ2v) is 6.30. The van der Waals surface area contributed by atoms with Crippen LogP contribution >= 0.6 is 0 Å². The van der Waals surface area contributed by atoms with Crippen molar-refractivity contribution in [1.82, 2.24) is 10.2 Å². The van der Waals surface area contributed by atoms with Gasteiger partial charge in [-0.15, -0.1) is 0 Å². The summed E-state index contributed by atoms with van der Waals surface area (Å²) in [5.41, 5.74) is 1.75. The molecule has 1 aliphatic heterocycles. The normalized spacial score (nSPS) is 18.9. The van der Waals surface area contributed by atoms with E-state index in [1.54, 1.807) is 0 Å². The molecule has 3 nitrogen and oxygen atoms in total. The van der Waals surface area contributed by atoms with Crippen LogP contribution in [-0.2, 0) is 6.54 Å². The second kappa shape index (κ2) is 7.09. The van der Waals surface area contributed by atoms with E-state index in [0.717, 1.165) is 25.4 Å². The maximum atomic E-state index is 5.54. The molecule has 1 saturated heterocycles. The quantitative estimate of drug-likeness (QED) is 0.864. The van der Waals surface area contributed by atoms with E-state index in [4.69, 9.17) is 4.74 Å². The minimum absolute atomic E-state index is 0.448. The third-order valence-corrected chi connectivity index (χ3v) is 4.28. The fourth-order valence-corrected chi connectivity index (χ4v) is 2.76. The highest BCUT2D eigenvalue weighted by molar-refractivity contribution is 5.28. The first-order chi connectivity index (χ1) is 9.61. The fraction of sp³-hybridized carbons (Fsp3) is 0.647. The molecule has 2 rings (SSSR count). The molecule has 112 valence electrons. The van der Waals surface area contributed by atoms with Crippen LogP contribution in [0.25, 0.3) is 0 Å². The van der Waals surface area contributed by atoms with Crippen LogP contribution < -0.4 is 10.1 Å². The highest BCUT2D eigenvalue weighted by atomic mass is 16.5. The Morgan fingerprint density at radius 2 is 2.05 bits per heavy atom. The zero-order chi connectivity index (χ0) is 14.4. The SMILES string of the molecule is CCOc1cccc(CNCC2(C)CCN(C)CC2)c1. The Balaban J connectivity index is 1.79. The van der Waals surface area contributed by atoms with Crippen molar-refractivity contribution >= 4 is 0 Å². The van der Waals surface area contributed by atoms with Crippen LogP contribution in [0.15, 0.2) is 24.3 Å². The van der Waals surface area contributed by atoms with Crippen LogP contribution in [0.1, 0.15) is 32.3 Å². The molecular formula is C17H28N2O. The third kappa shape index (κ3) is 4.50. The van der Waals surface area contributed by atoms with Crippen LogP contribution in [0, 0.1) is 5.41 Å². The van der Waals surface area contributed by atoms with Crippen molar-refractivity contribution in [1.29, 1.82) is 0 Å². The van der Waals surface area contributed by atoms with Crippen LogP contribution in [0.4, 0.5) is 0 Å². The van der Waals surface area contributed by atoms with Gasteiger partial charge in [0.2, 0.25) is 0 Å². The van der Waals surface area contributed by atoms with E-state index in [0.29, 0.717) is 5.41 Å². The van der Waals surface area contributed by atoms with Gasteiger partial charge in [-0.05, 0) is 63.0 Å². The number of piperidine rings is 1. The van der Waals surface area contributed by atoms with Crippen LogP contribution in [-0.4, -0.2) is 38.2 Å². The number of benzene rings is 1. The van der Waals surface area contributed by atoms with Crippen LogP contribution in [0.3, 0.4) is 0 Å². The molecule has 1 aromatic carbocycles. The largest absolute Gasteiger partial charge is 0.494 e. The smallest absolute Gasteiger partial charge is 0.119 e. The zero-order valence-electron chi connectivity index (χ0n) is 13.1. The summed E-state index contributed by atoms with van der Waals surface area (Å²) in [5, 5.41) is 3.62. The van der Waals surface area contributed by atoms with Gasteiger partial charge in [0.15, 0.2) is 0 Å². The highest BCUT2D eigenvalue weighted by Crippen LogP contribution is 2.29. The van der Waals surface area contributed by atoms with Gasteiger partial charge in [0.1, 0.15) is 5.75 Å². The van der Waals surface area contributed by atoms with Crippen molar-refractivity contribution < 1.29 is 4.74 Å². The fourth-order valence-electron chi connectivity index (χ4n) is 2.76. The van der Waals surface area contributed by atoms with E-state index in [2.05, 4.69) is 42.4 Å². The topological polar surface area (TPSA) is 24.5 Å². The van der Waals surface area contributed by atoms with Crippen molar-refractivity contribution in [2.75, 3.05) is 33.3 Å². The standard InChI is InChI=1S/C17H28N2O/c1-4-20-16-7-5-6-15(12-16)13-18-14-17(2)8-10-19(3)11-9-17/h5-7,12,18H,4,8-11,13-14H2,1-3H3. The Bertz CT molecular complexity index is 411. The molecule has 0 atom stereocenters. The number of hydrogen-bond donors (Lipinski definition) is 1. The molecular weight excluding hydrogens is 248 g/mol. The van der Waals surface area contributed by atoms with Crippen molar-refractivity contribution in [2.24, 2.45) is 5.41 Å². The summed E-state index contributed by atoms with van der Waals surface area (Å²) in [6.45, 7) is 9.61. The zero-order valence-corrected chi connectivity index (χ0v) is 13.1. The van der Waals surface area contributed by atoms with Gasteiger partial charge < -0.3 is 15.0 Å². The lowest BCUT2D eigenvalue weighted by atomic mass is 9.80. The first kappa shape index (κ1) is 15.3. The predicted molar refractivity (Wildman–Crippen MR) is 84.2 cm³/mol. The number of hydrogen-bond acceptors (Lipinski definition) is 3. The molecule has 0 saturated carbocycles. The van der Waals surface area contributed by atoms with E-state index in [-0.39, 0.29) is 0 Å². The van der Waals surface area contributed by atoms with Crippen molar-refractivity contribution in [2.45, 2.75) is 33.2 Å². The van der Waals surface area contributed by atoms with Crippen LogP contribution in [0.5, 0.6) is 5.75 Å². The summed E-state index contributed by atoms with van der Waals surface area (Å²) in [6.07, 6.45) is 2.57. The van der Waals surface area contributed by atoms with Gasteiger partial charge >= 0.3 is 0 Å². The minimum atomic E-state index is 0.448. The predicted octanol–water partition coefficient (Wildman–Crippen LogP) is 2.91. The van der Waals surface area contributed by atoms with Gasteiger partial charge in [-0.25, -0.2) is 0 Å². The van der Waals surface area contributed by atoms with Gasteiger partial charge in [0, 0.05) is 13.1 Å². The average molecular weight is 276 g/mol. The van der Waals surface area contributed by atoms with Gasteiger partial charge in [0.25, 0.3) is 0 Å². The molecule has 1 aliphatic rings. The number of rotatable bonds is 6. The van der Waals surface area contributed by atoms with E-state index in [1.165, 1.54) is 31.5 Å². The number of ether oxygens (including phenoxy) is 1. The molecule has 3 heteroatoms. The van der Waals surface area contributed by atoms with Crippen molar-refractivity contribution in [3.05, 3.63) is 29.8 Å². The lowest BCUT2D eigenvalue weighted by Crippen LogP contribution is -2.41. The van der Waals surface area contributed by atoms with Gasteiger partial charge in [-0.2, -0.15) is 0 Å². The van der Waals surface area contributed by atoms with E-state index in [1.807, 2.05) is 13.0 Å². The molecule has 0 aliphatic carbocycles. The summed E-state index contributed by atoms with van der Waals surface area (Å²) in [7, 11) is 2.21. The Morgan fingerprint density at radius 3 is 2.75 bits per heavy atom. The first-order valence-electron chi connectivity index (χ1n) is 7.72. The molecule has 0 aromatic heterocycles. The van der Waals surface area contributed by atoms with Crippen molar-refractivity contribution in [3.63, 3.8) is 0 Å². The van der Waals surface area contributed by atoms with Gasteiger partial charge in [-0.3, -0.25) is 0 Å². The number of nitrogens with one attached hydrogen (secondary N) is 1. The lowest BCUT2D eigenvalue weighted by molar-refractivity contribution is 0.137. The molecule has 1 N–H and O–H groups in total. The van der Waals surface area contributed by atoms with E-state index < -0.39 is 0 Å². The average Bonchev–Trinajstić information content (AvgIpc) is 2.43. The molecule has 1 aromatic rings. The van der Waals surface area contributed by atoms with Crippen molar-refractivity contribution in [3.8, 4) is 5.75 Å². The molecule has 1 fully saturated rings. The Labute approximate surface area is 123 Å². The summed E-state index contributed by atoms with van der Waals surface area (Å²) in [6, 6.07) is 8.38. The molecule has 1 heterocycles. The monoisotopic (exact) mass is 276 g/mol. The molecule has 0 radical (unpaired) electrons. The second-order valence-electron chi connectivity index (χ2n) is 6.30. The maximum absolute atomic E-state index is 5.54. The first-order valence-corrected chi connectivity index (χ1v) is 7.72. The van der Waals surface area contributed by atoms with E-state index in [9.17, 15) is 0 Å². The Morgan fingerprint density at radius 1 is 1.30 bits per heavy atom.